The van der Waals surface area contributed by atoms with E-state index in [-0.39, 0.29) is 0 Å². The number of benzene rings is 1. The fourth-order valence-electron chi connectivity index (χ4n) is 2.19. The van der Waals surface area contributed by atoms with Crippen molar-refractivity contribution < 1.29 is 13.2 Å². The first-order chi connectivity index (χ1) is 9.50. The second kappa shape index (κ2) is 6.56. The number of hydrogen-bond donors (Lipinski definition) is 1. The molecule has 0 aliphatic carbocycles. The van der Waals surface area contributed by atoms with Gasteiger partial charge in [-0.25, -0.2) is 12.7 Å². The maximum atomic E-state index is 12.1. The van der Waals surface area contributed by atoms with Crippen LogP contribution in [0.1, 0.15) is 12.8 Å². The summed E-state index contributed by atoms with van der Waals surface area (Å²) >= 11 is 0. The van der Waals surface area contributed by atoms with E-state index in [0.717, 1.165) is 38.3 Å². The normalized spacial score (nSPS) is 17.4. The van der Waals surface area contributed by atoms with Gasteiger partial charge in [0.2, 0.25) is 10.0 Å². The maximum Gasteiger partial charge on any atom is 0.242 e. The van der Waals surface area contributed by atoms with Gasteiger partial charge in [-0.15, -0.1) is 0 Å². The summed E-state index contributed by atoms with van der Waals surface area (Å²) in [6, 6.07) is 6.97. The summed E-state index contributed by atoms with van der Waals surface area (Å²) in [6.07, 6.45) is 2.12. The SMILES string of the molecule is CN(C)S(=O)(=O)c1cccc(NCC2CCOCC2)c1. The fourth-order valence-corrected chi connectivity index (χ4v) is 3.14. The lowest BCUT2D eigenvalue weighted by Gasteiger charge is -2.22. The van der Waals surface area contributed by atoms with Crippen LogP contribution in [0.5, 0.6) is 0 Å². The summed E-state index contributed by atoms with van der Waals surface area (Å²) in [5.41, 5.74) is 0.847. The molecule has 0 unspecified atom stereocenters. The summed E-state index contributed by atoms with van der Waals surface area (Å²) in [7, 11) is -0.291. The Morgan fingerprint density at radius 1 is 1.30 bits per heavy atom. The number of anilines is 1. The van der Waals surface area contributed by atoms with E-state index in [1.165, 1.54) is 18.4 Å². The molecule has 0 bridgehead atoms. The minimum Gasteiger partial charge on any atom is -0.385 e. The van der Waals surface area contributed by atoms with Gasteiger partial charge in [0.1, 0.15) is 0 Å². The van der Waals surface area contributed by atoms with Crippen molar-refractivity contribution in [3.63, 3.8) is 0 Å². The van der Waals surface area contributed by atoms with Crippen molar-refractivity contribution >= 4 is 15.7 Å². The molecule has 1 aromatic rings. The van der Waals surface area contributed by atoms with Crippen molar-refractivity contribution in [3.8, 4) is 0 Å². The largest absolute Gasteiger partial charge is 0.385 e. The van der Waals surface area contributed by atoms with E-state index >= 15 is 0 Å². The van der Waals surface area contributed by atoms with Crippen LogP contribution in [0.25, 0.3) is 0 Å². The van der Waals surface area contributed by atoms with Gasteiger partial charge >= 0.3 is 0 Å². The van der Waals surface area contributed by atoms with Crippen LogP contribution in [0.15, 0.2) is 29.2 Å². The molecule has 112 valence electrons. The Morgan fingerprint density at radius 2 is 2.00 bits per heavy atom. The van der Waals surface area contributed by atoms with E-state index in [0.29, 0.717) is 10.8 Å². The van der Waals surface area contributed by atoms with E-state index in [2.05, 4.69) is 5.32 Å². The molecule has 0 radical (unpaired) electrons. The Kier molecular flexibility index (Phi) is 5.01. The Bertz CT molecular complexity index is 537. The monoisotopic (exact) mass is 298 g/mol. The van der Waals surface area contributed by atoms with Crippen LogP contribution in [0.4, 0.5) is 5.69 Å². The molecule has 1 heterocycles. The molecule has 2 rings (SSSR count). The second-order valence-electron chi connectivity index (χ2n) is 5.25. The van der Waals surface area contributed by atoms with Gasteiger partial charge < -0.3 is 10.1 Å². The van der Waals surface area contributed by atoms with Gasteiger partial charge in [0, 0.05) is 39.5 Å². The van der Waals surface area contributed by atoms with E-state index in [1.807, 2.05) is 6.07 Å². The molecule has 5 nitrogen and oxygen atoms in total. The predicted molar refractivity (Wildman–Crippen MR) is 79.3 cm³/mol. The van der Waals surface area contributed by atoms with Gasteiger partial charge in [-0.3, -0.25) is 0 Å². The molecule has 1 aliphatic rings. The summed E-state index contributed by atoms with van der Waals surface area (Å²) in [5, 5.41) is 3.33. The number of nitrogens with one attached hydrogen (secondary N) is 1. The fraction of sp³-hybridized carbons (Fsp3) is 0.571. The number of hydrogen-bond acceptors (Lipinski definition) is 4. The topological polar surface area (TPSA) is 58.6 Å². The zero-order valence-corrected chi connectivity index (χ0v) is 12.8. The molecule has 1 fully saturated rings. The van der Waals surface area contributed by atoms with Gasteiger partial charge in [0.15, 0.2) is 0 Å². The molecular formula is C14H22N2O3S. The van der Waals surface area contributed by atoms with Crippen LogP contribution >= 0.6 is 0 Å². The molecule has 20 heavy (non-hydrogen) atoms. The number of ether oxygens (including phenoxy) is 1. The highest BCUT2D eigenvalue weighted by molar-refractivity contribution is 7.89. The maximum absolute atomic E-state index is 12.1. The smallest absolute Gasteiger partial charge is 0.242 e. The van der Waals surface area contributed by atoms with Crippen LogP contribution < -0.4 is 5.32 Å². The average molecular weight is 298 g/mol. The average Bonchev–Trinajstić information content (AvgIpc) is 2.46. The van der Waals surface area contributed by atoms with Crippen LogP contribution in [-0.2, 0) is 14.8 Å². The highest BCUT2D eigenvalue weighted by Crippen LogP contribution is 2.20. The van der Waals surface area contributed by atoms with Crippen molar-refractivity contribution in [2.45, 2.75) is 17.7 Å². The summed E-state index contributed by atoms with van der Waals surface area (Å²) in [5.74, 6) is 0.595. The number of sulfonamides is 1. The van der Waals surface area contributed by atoms with Crippen molar-refractivity contribution in [3.05, 3.63) is 24.3 Å². The van der Waals surface area contributed by atoms with Gasteiger partial charge in [-0.1, -0.05) is 6.07 Å². The third kappa shape index (κ3) is 3.71. The molecule has 1 saturated heterocycles. The molecule has 0 aromatic heterocycles. The minimum absolute atomic E-state index is 0.319. The molecule has 0 spiro atoms. The second-order valence-corrected chi connectivity index (χ2v) is 7.40. The van der Waals surface area contributed by atoms with Gasteiger partial charge in [0.05, 0.1) is 4.90 Å². The van der Waals surface area contributed by atoms with E-state index in [9.17, 15) is 8.42 Å². The standard InChI is InChI=1S/C14H22N2O3S/c1-16(2)20(17,18)14-5-3-4-13(10-14)15-11-12-6-8-19-9-7-12/h3-5,10,12,15H,6-9,11H2,1-2H3. The lowest BCUT2D eigenvalue weighted by atomic mass is 10.0. The van der Waals surface area contributed by atoms with Gasteiger partial charge in [-0.2, -0.15) is 0 Å². The first-order valence-corrected chi connectivity index (χ1v) is 8.28. The van der Waals surface area contributed by atoms with Crippen molar-refractivity contribution in [2.75, 3.05) is 39.2 Å². The molecule has 0 amide bonds. The molecule has 6 heteroatoms. The third-order valence-electron chi connectivity index (χ3n) is 3.55. The third-order valence-corrected chi connectivity index (χ3v) is 5.36. The lowest BCUT2D eigenvalue weighted by Crippen LogP contribution is -2.23. The van der Waals surface area contributed by atoms with Crippen LogP contribution in [0.3, 0.4) is 0 Å². The molecular weight excluding hydrogens is 276 g/mol. The van der Waals surface area contributed by atoms with Crippen LogP contribution in [-0.4, -0.2) is 46.6 Å². The first kappa shape index (κ1) is 15.3. The Balaban J connectivity index is 2.02. The van der Waals surface area contributed by atoms with Gasteiger partial charge in [-0.05, 0) is 37.0 Å². The number of nitrogens with zero attached hydrogens (tertiary/aromatic N) is 1. The highest BCUT2D eigenvalue weighted by Gasteiger charge is 2.18. The minimum atomic E-state index is -3.37. The van der Waals surface area contributed by atoms with Crippen LogP contribution in [0, 0.1) is 5.92 Å². The summed E-state index contributed by atoms with van der Waals surface area (Å²) in [6.45, 7) is 2.50. The highest BCUT2D eigenvalue weighted by atomic mass is 32.2. The lowest BCUT2D eigenvalue weighted by molar-refractivity contribution is 0.0699. The molecule has 0 saturated carbocycles. The van der Waals surface area contributed by atoms with Crippen molar-refractivity contribution in [1.29, 1.82) is 0 Å². The number of rotatable bonds is 5. The van der Waals surface area contributed by atoms with E-state index in [1.54, 1.807) is 18.2 Å². The quantitative estimate of drug-likeness (QED) is 0.900. The first-order valence-electron chi connectivity index (χ1n) is 6.84. The molecule has 1 N–H and O–H groups in total. The van der Waals surface area contributed by atoms with E-state index in [4.69, 9.17) is 4.74 Å². The summed E-state index contributed by atoms with van der Waals surface area (Å²) < 4.78 is 30.7. The molecule has 1 aromatic carbocycles. The summed E-state index contributed by atoms with van der Waals surface area (Å²) in [4.78, 5) is 0.319. The molecule has 0 atom stereocenters. The van der Waals surface area contributed by atoms with Crippen molar-refractivity contribution in [1.82, 2.24) is 4.31 Å². The van der Waals surface area contributed by atoms with E-state index < -0.39 is 10.0 Å². The molecule has 1 aliphatic heterocycles. The zero-order valence-electron chi connectivity index (χ0n) is 12.0. The zero-order chi connectivity index (χ0) is 14.6. The Morgan fingerprint density at radius 3 is 2.65 bits per heavy atom. The van der Waals surface area contributed by atoms with Crippen LogP contribution in [0.2, 0.25) is 0 Å². The van der Waals surface area contributed by atoms with Crippen molar-refractivity contribution in [2.24, 2.45) is 5.92 Å². The predicted octanol–water partition coefficient (Wildman–Crippen LogP) is 1.78. The Labute approximate surface area is 121 Å². The van der Waals surface area contributed by atoms with Gasteiger partial charge in [0.25, 0.3) is 0 Å². The Hall–Kier alpha value is -1.11.